The van der Waals surface area contributed by atoms with Crippen LogP contribution in [-0.4, -0.2) is 19.5 Å². The van der Waals surface area contributed by atoms with Crippen LogP contribution >= 0.6 is 11.6 Å². The van der Waals surface area contributed by atoms with E-state index in [1.807, 2.05) is 30.3 Å². The molecular weight excluding hydrogens is 188 g/mol. The third-order valence-electron chi connectivity index (χ3n) is 1.42. The zero-order chi connectivity index (χ0) is 10.1. The van der Waals surface area contributed by atoms with Crippen LogP contribution in [0.1, 0.15) is 5.56 Å². The molecule has 0 aliphatic heterocycles. The van der Waals surface area contributed by atoms with Gasteiger partial charge in [0.25, 0.3) is 0 Å². The van der Waals surface area contributed by atoms with E-state index in [0.717, 1.165) is 5.56 Å². The molecule has 0 unspecified atom stereocenters. The van der Waals surface area contributed by atoms with Gasteiger partial charge in [-0.15, -0.1) is 11.6 Å². The number of carbonyl (C=O) groups excluding carboxylic acids is 1. The fraction of sp³-hybridized carbons (Fsp3) is 0.300. The predicted octanol–water partition coefficient (Wildman–Crippen LogP) is 2.26. The number of hydrogen-bond donors (Lipinski definition) is 0. The standard InChI is InChI=1S/C9H10O2.CH3Cl/c1-11-9(10)7-8-5-3-2-4-6-8;1-2/h2-6H,7H2,1H3;1H3. The normalized spacial score (nSPS) is 8.23. The van der Waals surface area contributed by atoms with E-state index in [1.54, 1.807) is 0 Å². The van der Waals surface area contributed by atoms with Crippen LogP contribution in [0.4, 0.5) is 0 Å². The molecule has 1 aromatic carbocycles. The SMILES string of the molecule is CCl.COC(=O)Cc1ccccc1. The number of hydrogen-bond acceptors (Lipinski definition) is 2. The largest absolute Gasteiger partial charge is 0.469 e. The summed E-state index contributed by atoms with van der Waals surface area (Å²) in [6.45, 7) is 0. The van der Waals surface area contributed by atoms with Gasteiger partial charge in [0.15, 0.2) is 0 Å². The van der Waals surface area contributed by atoms with Crippen LogP contribution in [0.2, 0.25) is 0 Å². The summed E-state index contributed by atoms with van der Waals surface area (Å²) in [5.74, 6) is -0.198. The number of rotatable bonds is 2. The summed E-state index contributed by atoms with van der Waals surface area (Å²) in [7, 11) is 1.39. The zero-order valence-corrected chi connectivity index (χ0v) is 8.54. The summed E-state index contributed by atoms with van der Waals surface area (Å²) in [4.78, 5) is 10.8. The third-order valence-corrected chi connectivity index (χ3v) is 1.42. The Morgan fingerprint density at radius 1 is 1.31 bits per heavy atom. The molecule has 1 rings (SSSR count). The Morgan fingerprint density at radius 3 is 2.31 bits per heavy atom. The van der Waals surface area contributed by atoms with Gasteiger partial charge < -0.3 is 4.74 Å². The lowest BCUT2D eigenvalue weighted by atomic mass is 10.2. The predicted molar refractivity (Wildman–Crippen MR) is 53.9 cm³/mol. The van der Waals surface area contributed by atoms with Gasteiger partial charge in [0, 0.05) is 6.38 Å². The van der Waals surface area contributed by atoms with Crippen LogP contribution in [0.15, 0.2) is 30.3 Å². The molecule has 0 heterocycles. The van der Waals surface area contributed by atoms with Gasteiger partial charge in [-0.3, -0.25) is 4.79 Å². The van der Waals surface area contributed by atoms with Crippen molar-refractivity contribution in [3.8, 4) is 0 Å². The molecule has 0 aliphatic carbocycles. The first kappa shape index (κ1) is 12.0. The van der Waals surface area contributed by atoms with Gasteiger partial charge in [-0.25, -0.2) is 0 Å². The van der Waals surface area contributed by atoms with Crippen molar-refractivity contribution in [1.29, 1.82) is 0 Å². The molecule has 3 heteroatoms. The highest BCUT2D eigenvalue weighted by Gasteiger charge is 1.99. The molecule has 0 aliphatic rings. The first-order chi connectivity index (χ1) is 6.33. The van der Waals surface area contributed by atoms with E-state index < -0.39 is 0 Å². The fourth-order valence-electron chi connectivity index (χ4n) is 0.835. The summed E-state index contributed by atoms with van der Waals surface area (Å²) in [6, 6.07) is 9.52. The maximum atomic E-state index is 10.8. The average molecular weight is 201 g/mol. The van der Waals surface area contributed by atoms with Crippen molar-refractivity contribution in [2.24, 2.45) is 0 Å². The highest BCUT2D eigenvalue weighted by Crippen LogP contribution is 1.99. The lowest BCUT2D eigenvalue weighted by molar-refractivity contribution is -0.139. The van der Waals surface area contributed by atoms with Crippen molar-refractivity contribution in [2.45, 2.75) is 6.42 Å². The molecule has 0 aromatic heterocycles. The first-order valence-corrected chi connectivity index (χ1v) is 4.57. The van der Waals surface area contributed by atoms with Crippen LogP contribution in [0.25, 0.3) is 0 Å². The molecular formula is C10H13ClO2. The van der Waals surface area contributed by atoms with Gasteiger partial charge in [-0.2, -0.15) is 0 Å². The average Bonchev–Trinajstić information content (AvgIpc) is 2.22. The summed E-state index contributed by atoms with van der Waals surface area (Å²) in [5, 5.41) is 0. The highest BCUT2D eigenvalue weighted by molar-refractivity contribution is 6.15. The minimum absolute atomic E-state index is 0.198. The second kappa shape index (κ2) is 7.62. The van der Waals surface area contributed by atoms with Crippen molar-refractivity contribution in [1.82, 2.24) is 0 Å². The zero-order valence-electron chi connectivity index (χ0n) is 7.79. The Balaban J connectivity index is 0.000000671. The monoisotopic (exact) mass is 200 g/mol. The van der Waals surface area contributed by atoms with Crippen LogP contribution in [0.3, 0.4) is 0 Å². The second-order valence-corrected chi connectivity index (χ2v) is 2.24. The minimum atomic E-state index is -0.198. The van der Waals surface area contributed by atoms with Gasteiger partial charge in [-0.1, -0.05) is 30.3 Å². The van der Waals surface area contributed by atoms with Crippen molar-refractivity contribution in [3.05, 3.63) is 35.9 Å². The quantitative estimate of drug-likeness (QED) is 0.541. The van der Waals surface area contributed by atoms with Crippen LogP contribution in [-0.2, 0) is 16.0 Å². The number of ether oxygens (including phenoxy) is 1. The molecule has 0 saturated heterocycles. The lowest BCUT2D eigenvalue weighted by Gasteiger charge is -1.97. The van der Waals surface area contributed by atoms with Crippen LogP contribution in [0.5, 0.6) is 0 Å². The molecule has 0 bridgehead atoms. The Bertz CT molecular complexity index is 234. The minimum Gasteiger partial charge on any atom is -0.469 e. The number of carbonyl (C=O) groups is 1. The van der Waals surface area contributed by atoms with Gasteiger partial charge in [0.2, 0.25) is 0 Å². The van der Waals surface area contributed by atoms with E-state index in [4.69, 9.17) is 0 Å². The number of esters is 1. The Kier molecular flexibility index (Phi) is 7.02. The second-order valence-electron chi connectivity index (χ2n) is 2.24. The number of benzene rings is 1. The highest BCUT2D eigenvalue weighted by atomic mass is 35.5. The van der Waals surface area contributed by atoms with Gasteiger partial charge in [0.05, 0.1) is 13.5 Å². The van der Waals surface area contributed by atoms with Crippen LogP contribution in [0, 0.1) is 0 Å². The fourth-order valence-corrected chi connectivity index (χ4v) is 0.835. The molecule has 0 amide bonds. The third kappa shape index (κ3) is 5.26. The van der Waals surface area contributed by atoms with E-state index in [-0.39, 0.29) is 5.97 Å². The molecule has 13 heavy (non-hydrogen) atoms. The molecule has 0 fully saturated rings. The number of halogens is 1. The molecule has 0 N–H and O–H groups in total. The number of alkyl halides is 1. The van der Waals surface area contributed by atoms with E-state index in [9.17, 15) is 4.79 Å². The van der Waals surface area contributed by atoms with E-state index in [1.165, 1.54) is 13.5 Å². The van der Waals surface area contributed by atoms with E-state index in [2.05, 4.69) is 16.3 Å². The smallest absolute Gasteiger partial charge is 0.309 e. The Hall–Kier alpha value is -1.02. The molecule has 0 radical (unpaired) electrons. The first-order valence-electron chi connectivity index (χ1n) is 3.81. The maximum Gasteiger partial charge on any atom is 0.309 e. The van der Waals surface area contributed by atoms with Gasteiger partial charge in [0.1, 0.15) is 0 Å². The maximum absolute atomic E-state index is 10.8. The molecule has 72 valence electrons. The van der Waals surface area contributed by atoms with Gasteiger partial charge in [-0.05, 0) is 5.56 Å². The summed E-state index contributed by atoms with van der Waals surface area (Å²) in [5.41, 5.74) is 0.986. The van der Waals surface area contributed by atoms with Crippen molar-refractivity contribution in [2.75, 3.05) is 13.5 Å². The summed E-state index contributed by atoms with van der Waals surface area (Å²) in [6.07, 6.45) is 1.83. The lowest BCUT2D eigenvalue weighted by Crippen LogP contribution is -2.03. The molecule has 0 atom stereocenters. The van der Waals surface area contributed by atoms with E-state index >= 15 is 0 Å². The van der Waals surface area contributed by atoms with Gasteiger partial charge >= 0.3 is 5.97 Å². The Morgan fingerprint density at radius 2 is 1.85 bits per heavy atom. The number of methoxy groups -OCH3 is 1. The topological polar surface area (TPSA) is 26.3 Å². The summed E-state index contributed by atoms with van der Waals surface area (Å²) >= 11 is 4.64. The summed E-state index contributed by atoms with van der Waals surface area (Å²) < 4.78 is 4.52. The molecule has 2 nitrogen and oxygen atoms in total. The molecule has 1 aromatic rings. The van der Waals surface area contributed by atoms with Crippen molar-refractivity contribution < 1.29 is 9.53 Å². The van der Waals surface area contributed by atoms with Crippen molar-refractivity contribution in [3.63, 3.8) is 0 Å². The molecule has 0 saturated carbocycles. The van der Waals surface area contributed by atoms with E-state index in [0.29, 0.717) is 6.42 Å². The van der Waals surface area contributed by atoms with Crippen molar-refractivity contribution >= 4 is 17.6 Å². The molecule has 0 spiro atoms. The van der Waals surface area contributed by atoms with Crippen LogP contribution < -0.4 is 0 Å². The Labute approximate surface area is 83.5 Å².